The van der Waals surface area contributed by atoms with Crippen molar-refractivity contribution in [2.24, 2.45) is 0 Å². The van der Waals surface area contributed by atoms with E-state index in [2.05, 4.69) is 5.32 Å². The van der Waals surface area contributed by atoms with Gasteiger partial charge in [-0.3, -0.25) is 10.1 Å². The van der Waals surface area contributed by atoms with Gasteiger partial charge in [-0.05, 0) is 37.8 Å². The van der Waals surface area contributed by atoms with Crippen molar-refractivity contribution >= 4 is 17.7 Å². The van der Waals surface area contributed by atoms with Gasteiger partial charge in [0.1, 0.15) is 24.2 Å². The highest BCUT2D eigenvalue weighted by atomic mass is 16.7. The SMILES string of the molecule is COC(=O)CC1COc2cc(OCc3cc(NC(=O)OC4CCCC4)cc4c3OCO4)ccc21. The minimum absolute atomic E-state index is 0.0222. The van der Waals surface area contributed by atoms with Crippen LogP contribution in [0.1, 0.15) is 49.1 Å². The first-order valence-corrected chi connectivity index (χ1v) is 11.5. The summed E-state index contributed by atoms with van der Waals surface area (Å²) in [7, 11) is 1.38. The molecule has 0 bridgehead atoms. The first-order valence-electron chi connectivity index (χ1n) is 11.5. The predicted molar refractivity (Wildman–Crippen MR) is 121 cm³/mol. The van der Waals surface area contributed by atoms with E-state index in [9.17, 15) is 9.59 Å². The molecule has 1 fully saturated rings. The van der Waals surface area contributed by atoms with Crippen LogP contribution >= 0.6 is 0 Å². The maximum atomic E-state index is 12.3. The second-order valence-electron chi connectivity index (χ2n) is 8.58. The summed E-state index contributed by atoms with van der Waals surface area (Å²) in [5.74, 6) is 2.14. The van der Waals surface area contributed by atoms with Crippen molar-refractivity contribution in [3.63, 3.8) is 0 Å². The smallest absolute Gasteiger partial charge is 0.411 e. The van der Waals surface area contributed by atoms with Crippen LogP contribution in [0.4, 0.5) is 10.5 Å². The van der Waals surface area contributed by atoms with Crippen LogP contribution in [0.2, 0.25) is 0 Å². The van der Waals surface area contributed by atoms with E-state index in [0.717, 1.165) is 36.8 Å². The third-order valence-electron chi connectivity index (χ3n) is 6.27. The van der Waals surface area contributed by atoms with E-state index >= 15 is 0 Å². The molecule has 1 saturated carbocycles. The molecule has 9 nitrogen and oxygen atoms in total. The molecule has 0 aromatic heterocycles. The molecule has 3 aliphatic rings. The Hall–Kier alpha value is -3.62. The Bertz CT molecular complexity index is 1080. The zero-order chi connectivity index (χ0) is 23.5. The molecule has 2 heterocycles. The minimum Gasteiger partial charge on any atom is -0.492 e. The molecule has 2 aromatic carbocycles. The first-order chi connectivity index (χ1) is 16.6. The van der Waals surface area contributed by atoms with Crippen LogP contribution in [0.25, 0.3) is 0 Å². The lowest BCUT2D eigenvalue weighted by Gasteiger charge is -2.14. The number of anilines is 1. The van der Waals surface area contributed by atoms with Crippen molar-refractivity contribution in [3.05, 3.63) is 41.5 Å². The van der Waals surface area contributed by atoms with E-state index in [1.807, 2.05) is 18.2 Å². The molecule has 1 atom stereocenters. The zero-order valence-electron chi connectivity index (χ0n) is 19.0. The van der Waals surface area contributed by atoms with Crippen molar-refractivity contribution < 1.29 is 38.0 Å². The fourth-order valence-corrected chi connectivity index (χ4v) is 4.53. The molecule has 1 aliphatic carbocycles. The molecule has 1 amide bonds. The van der Waals surface area contributed by atoms with Crippen LogP contribution in [-0.2, 0) is 20.9 Å². The minimum atomic E-state index is -0.477. The van der Waals surface area contributed by atoms with Crippen LogP contribution in [0, 0.1) is 0 Å². The Morgan fingerprint density at radius 3 is 2.74 bits per heavy atom. The summed E-state index contributed by atoms with van der Waals surface area (Å²) < 4.78 is 33.1. The molecule has 34 heavy (non-hydrogen) atoms. The van der Waals surface area contributed by atoms with Gasteiger partial charge in [0.2, 0.25) is 6.79 Å². The average molecular weight is 469 g/mol. The molecule has 0 saturated heterocycles. The predicted octanol–water partition coefficient (Wildman–Crippen LogP) is 4.52. The maximum absolute atomic E-state index is 12.3. The first kappa shape index (κ1) is 22.2. The monoisotopic (exact) mass is 469 g/mol. The number of ether oxygens (including phenoxy) is 6. The lowest BCUT2D eigenvalue weighted by Crippen LogP contribution is -2.20. The third-order valence-corrected chi connectivity index (χ3v) is 6.27. The zero-order valence-corrected chi connectivity index (χ0v) is 19.0. The highest BCUT2D eigenvalue weighted by Crippen LogP contribution is 2.41. The molecule has 1 unspecified atom stereocenters. The van der Waals surface area contributed by atoms with Crippen molar-refractivity contribution in [3.8, 4) is 23.0 Å². The average Bonchev–Trinajstić information content (AvgIpc) is 3.59. The molecule has 2 aliphatic heterocycles. The maximum Gasteiger partial charge on any atom is 0.411 e. The molecule has 9 heteroatoms. The largest absolute Gasteiger partial charge is 0.492 e. The van der Waals surface area contributed by atoms with Crippen LogP contribution in [0.15, 0.2) is 30.3 Å². The lowest BCUT2D eigenvalue weighted by molar-refractivity contribution is -0.141. The van der Waals surface area contributed by atoms with E-state index in [-0.39, 0.29) is 37.8 Å². The van der Waals surface area contributed by atoms with Gasteiger partial charge >= 0.3 is 12.1 Å². The van der Waals surface area contributed by atoms with E-state index in [0.29, 0.717) is 35.3 Å². The molecular weight excluding hydrogens is 442 g/mol. The van der Waals surface area contributed by atoms with Crippen LogP contribution in [0.3, 0.4) is 0 Å². The number of benzene rings is 2. The third kappa shape index (κ3) is 4.83. The van der Waals surface area contributed by atoms with Gasteiger partial charge in [-0.1, -0.05) is 6.07 Å². The lowest BCUT2D eigenvalue weighted by atomic mass is 9.98. The number of hydrogen-bond acceptors (Lipinski definition) is 8. The van der Waals surface area contributed by atoms with Crippen molar-refractivity contribution in [1.29, 1.82) is 0 Å². The number of carbonyl (C=O) groups is 2. The number of carbonyl (C=O) groups excluding carboxylic acids is 2. The Balaban J connectivity index is 1.25. The molecule has 1 N–H and O–H groups in total. The van der Waals surface area contributed by atoms with Crippen LogP contribution in [0.5, 0.6) is 23.0 Å². The van der Waals surface area contributed by atoms with Crippen LogP contribution in [-0.4, -0.2) is 38.7 Å². The summed E-state index contributed by atoms with van der Waals surface area (Å²) >= 11 is 0. The van der Waals surface area contributed by atoms with Gasteiger partial charge in [0, 0.05) is 34.9 Å². The Labute approximate surface area is 197 Å². The Morgan fingerprint density at radius 1 is 1.06 bits per heavy atom. The highest BCUT2D eigenvalue weighted by Gasteiger charge is 2.27. The van der Waals surface area contributed by atoms with Gasteiger partial charge in [0.15, 0.2) is 11.5 Å². The van der Waals surface area contributed by atoms with Gasteiger partial charge < -0.3 is 28.4 Å². The molecular formula is C25H27NO8. The number of hydrogen-bond donors (Lipinski definition) is 1. The summed E-state index contributed by atoms with van der Waals surface area (Å²) in [5.41, 5.74) is 2.24. The van der Waals surface area contributed by atoms with E-state index in [4.69, 9.17) is 28.4 Å². The Kier molecular flexibility index (Phi) is 6.33. The number of rotatable bonds is 7. The second kappa shape index (κ2) is 9.70. The normalized spacial score (nSPS) is 18.2. The van der Waals surface area contributed by atoms with Gasteiger partial charge in [-0.2, -0.15) is 0 Å². The van der Waals surface area contributed by atoms with Crippen LogP contribution < -0.4 is 24.3 Å². The standard InChI is InChI=1S/C25H27NO8/c1-29-23(27)9-15-12-31-21-11-19(6-7-20(15)21)30-13-16-8-17(10-22-24(16)33-14-32-22)26-25(28)34-18-4-2-3-5-18/h6-8,10-11,15,18H,2-5,9,12-14H2,1H3,(H,26,28). The van der Waals surface area contributed by atoms with Crippen molar-refractivity contribution in [2.45, 2.75) is 50.7 Å². The van der Waals surface area contributed by atoms with E-state index in [1.165, 1.54) is 7.11 Å². The number of amides is 1. The molecule has 5 rings (SSSR count). The van der Waals surface area contributed by atoms with E-state index < -0.39 is 6.09 Å². The fraction of sp³-hybridized carbons (Fsp3) is 0.440. The fourth-order valence-electron chi connectivity index (χ4n) is 4.53. The molecule has 2 aromatic rings. The Morgan fingerprint density at radius 2 is 1.91 bits per heavy atom. The molecule has 180 valence electrons. The number of esters is 1. The van der Waals surface area contributed by atoms with Crippen molar-refractivity contribution in [2.75, 3.05) is 25.8 Å². The van der Waals surface area contributed by atoms with Gasteiger partial charge in [0.25, 0.3) is 0 Å². The summed E-state index contributed by atoms with van der Waals surface area (Å²) in [6.07, 6.45) is 3.76. The quantitative estimate of drug-likeness (QED) is 0.591. The van der Waals surface area contributed by atoms with Gasteiger partial charge in [-0.15, -0.1) is 0 Å². The van der Waals surface area contributed by atoms with Gasteiger partial charge in [-0.25, -0.2) is 4.79 Å². The van der Waals surface area contributed by atoms with Crippen molar-refractivity contribution in [1.82, 2.24) is 0 Å². The number of nitrogens with one attached hydrogen (secondary N) is 1. The number of methoxy groups -OCH3 is 1. The summed E-state index contributed by atoms with van der Waals surface area (Å²) in [5, 5.41) is 2.79. The second-order valence-corrected chi connectivity index (χ2v) is 8.58. The summed E-state index contributed by atoms with van der Waals surface area (Å²) in [6.45, 7) is 0.729. The molecule has 0 radical (unpaired) electrons. The number of fused-ring (bicyclic) bond motifs is 2. The van der Waals surface area contributed by atoms with Gasteiger partial charge in [0.05, 0.1) is 20.1 Å². The topological polar surface area (TPSA) is 102 Å². The molecule has 0 spiro atoms. The summed E-state index contributed by atoms with van der Waals surface area (Å²) in [4.78, 5) is 23.9. The summed E-state index contributed by atoms with van der Waals surface area (Å²) in [6, 6.07) is 9.07. The van der Waals surface area contributed by atoms with E-state index in [1.54, 1.807) is 12.1 Å². The highest BCUT2D eigenvalue weighted by molar-refractivity contribution is 5.85.